The summed E-state index contributed by atoms with van der Waals surface area (Å²) in [4.78, 5) is 14.5. The number of nitrogens with one attached hydrogen (secondary N) is 1. The number of allylic oxidation sites excluding steroid dienone is 1. The standard InChI is InChI=1S/C16H24N2O2S/c1-5-6-7-12-17-16(19)18(3)13(2)14-8-10-15(11-9-14)21(4)20/h5-6,8-11,13H,7,12H2,1-4H3,(H,17,19)/b6-5+/t13-,21+/m0/s1. The van der Waals surface area contributed by atoms with E-state index < -0.39 is 10.8 Å². The van der Waals surface area contributed by atoms with Crippen LogP contribution in [0.5, 0.6) is 0 Å². The van der Waals surface area contributed by atoms with E-state index in [0.717, 1.165) is 16.9 Å². The maximum atomic E-state index is 12.0. The van der Waals surface area contributed by atoms with Crippen LogP contribution in [-0.4, -0.2) is 35.0 Å². The van der Waals surface area contributed by atoms with Gasteiger partial charge in [-0.1, -0.05) is 24.3 Å². The van der Waals surface area contributed by atoms with E-state index in [1.165, 1.54) is 0 Å². The molecule has 0 unspecified atom stereocenters. The highest BCUT2D eigenvalue weighted by Gasteiger charge is 2.16. The van der Waals surface area contributed by atoms with Crippen molar-refractivity contribution in [3.63, 3.8) is 0 Å². The molecule has 1 aromatic rings. The first-order valence-corrected chi connectivity index (χ1v) is 8.58. The lowest BCUT2D eigenvalue weighted by molar-refractivity contribution is 0.194. The number of nitrogens with zero attached hydrogens (tertiary/aromatic N) is 1. The van der Waals surface area contributed by atoms with E-state index in [9.17, 15) is 9.00 Å². The largest absolute Gasteiger partial charge is 0.338 e. The molecule has 21 heavy (non-hydrogen) atoms. The van der Waals surface area contributed by atoms with Crippen LogP contribution in [0.25, 0.3) is 0 Å². The molecule has 0 aliphatic carbocycles. The predicted octanol–water partition coefficient (Wildman–Crippen LogP) is 3.09. The molecular formula is C16H24N2O2S. The summed E-state index contributed by atoms with van der Waals surface area (Å²) in [5.41, 5.74) is 1.02. The molecule has 0 saturated carbocycles. The molecule has 0 radical (unpaired) electrons. The lowest BCUT2D eigenvalue weighted by Gasteiger charge is -2.25. The Balaban J connectivity index is 2.62. The third-order valence-corrected chi connectivity index (χ3v) is 4.35. The summed E-state index contributed by atoms with van der Waals surface area (Å²) in [7, 11) is 0.804. The lowest BCUT2D eigenvalue weighted by atomic mass is 10.1. The third kappa shape index (κ3) is 5.34. The molecule has 1 N–H and O–H groups in total. The van der Waals surface area contributed by atoms with E-state index in [-0.39, 0.29) is 12.1 Å². The Morgan fingerprint density at radius 1 is 1.38 bits per heavy atom. The van der Waals surface area contributed by atoms with Crippen LogP contribution in [0.2, 0.25) is 0 Å². The zero-order valence-corrected chi connectivity index (χ0v) is 13.9. The van der Waals surface area contributed by atoms with Gasteiger partial charge in [0.05, 0.1) is 6.04 Å². The summed E-state index contributed by atoms with van der Waals surface area (Å²) in [5, 5.41) is 2.88. The zero-order valence-electron chi connectivity index (χ0n) is 13.1. The van der Waals surface area contributed by atoms with Crippen LogP contribution in [0.15, 0.2) is 41.3 Å². The number of hydrogen-bond donors (Lipinski definition) is 1. The van der Waals surface area contributed by atoms with Crippen molar-refractivity contribution >= 4 is 16.8 Å². The van der Waals surface area contributed by atoms with Gasteiger partial charge in [-0.15, -0.1) is 0 Å². The highest BCUT2D eigenvalue weighted by Crippen LogP contribution is 2.20. The molecule has 4 nitrogen and oxygen atoms in total. The number of hydrogen-bond acceptors (Lipinski definition) is 2. The molecular weight excluding hydrogens is 284 g/mol. The molecule has 0 bridgehead atoms. The van der Waals surface area contributed by atoms with E-state index in [0.29, 0.717) is 6.54 Å². The first kappa shape index (κ1) is 17.4. The Hall–Kier alpha value is -1.62. The van der Waals surface area contributed by atoms with Gasteiger partial charge in [-0.2, -0.15) is 0 Å². The van der Waals surface area contributed by atoms with Crippen molar-refractivity contribution in [1.82, 2.24) is 10.2 Å². The Labute approximate surface area is 129 Å². The number of carbonyl (C=O) groups is 1. The molecule has 0 spiro atoms. The fourth-order valence-corrected chi connectivity index (χ4v) is 2.41. The van der Waals surface area contributed by atoms with Gasteiger partial charge in [0, 0.05) is 35.5 Å². The lowest BCUT2D eigenvalue weighted by Crippen LogP contribution is -2.39. The minimum absolute atomic E-state index is 0.0361. The van der Waals surface area contributed by atoms with Crippen LogP contribution >= 0.6 is 0 Å². The van der Waals surface area contributed by atoms with Crippen molar-refractivity contribution in [2.24, 2.45) is 0 Å². The SMILES string of the molecule is C/C=C/CCNC(=O)N(C)[C@@H](C)c1ccc([S@@](C)=O)cc1. The number of urea groups is 1. The molecule has 0 aliphatic rings. The molecule has 0 aromatic heterocycles. The van der Waals surface area contributed by atoms with Gasteiger partial charge >= 0.3 is 6.03 Å². The average molecular weight is 308 g/mol. The molecule has 1 rings (SSSR count). The molecule has 0 fully saturated rings. The van der Waals surface area contributed by atoms with Crippen LogP contribution in [-0.2, 0) is 10.8 Å². The highest BCUT2D eigenvalue weighted by atomic mass is 32.2. The van der Waals surface area contributed by atoms with Crippen molar-refractivity contribution in [3.8, 4) is 0 Å². The summed E-state index contributed by atoms with van der Waals surface area (Å²) in [6, 6.07) is 7.41. The Morgan fingerprint density at radius 3 is 2.52 bits per heavy atom. The van der Waals surface area contributed by atoms with E-state index in [1.54, 1.807) is 18.2 Å². The van der Waals surface area contributed by atoms with Gasteiger partial charge in [0.25, 0.3) is 0 Å². The second-order valence-corrected chi connectivity index (χ2v) is 6.28. The van der Waals surface area contributed by atoms with Gasteiger partial charge in [-0.3, -0.25) is 4.21 Å². The zero-order chi connectivity index (χ0) is 15.8. The summed E-state index contributed by atoms with van der Waals surface area (Å²) >= 11 is 0. The molecule has 2 amide bonds. The van der Waals surface area contributed by atoms with Crippen LogP contribution in [0.4, 0.5) is 4.79 Å². The molecule has 0 heterocycles. The van der Waals surface area contributed by atoms with E-state index in [1.807, 2.05) is 50.3 Å². The minimum atomic E-state index is -0.976. The normalized spacial score (nSPS) is 13.9. The molecule has 1 aromatic carbocycles. The van der Waals surface area contributed by atoms with Gasteiger partial charge in [-0.25, -0.2) is 4.79 Å². The molecule has 116 valence electrons. The van der Waals surface area contributed by atoms with Crippen LogP contribution in [0, 0.1) is 0 Å². The smallest absolute Gasteiger partial charge is 0.317 e. The Bertz CT molecular complexity index is 512. The van der Waals surface area contributed by atoms with Crippen molar-refractivity contribution in [3.05, 3.63) is 42.0 Å². The molecule has 2 atom stereocenters. The maximum absolute atomic E-state index is 12.0. The van der Waals surface area contributed by atoms with Gasteiger partial charge in [0.2, 0.25) is 0 Å². The average Bonchev–Trinajstić information content (AvgIpc) is 2.50. The van der Waals surface area contributed by atoms with Gasteiger partial charge in [-0.05, 0) is 38.0 Å². The first-order chi connectivity index (χ1) is 9.97. The monoisotopic (exact) mass is 308 g/mol. The number of carbonyl (C=O) groups excluding carboxylic acids is 1. The van der Waals surface area contributed by atoms with Crippen LogP contribution in [0.3, 0.4) is 0 Å². The van der Waals surface area contributed by atoms with Gasteiger partial charge in [0.1, 0.15) is 0 Å². The maximum Gasteiger partial charge on any atom is 0.317 e. The van der Waals surface area contributed by atoms with Crippen LogP contribution < -0.4 is 5.32 Å². The summed E-state index contributed by atoms with van der Waals surface area (Å²) in [5.74, 6) is 0. The van der Waals surface area contributed by atoms with Crippen molar-refractivity contribution < 1.29 is 9.00 Å². The molecule has 0 aliphatic heterocycles. The number of benzene rings is 1. The molecule has 5 heteroatoms. The van der Waals surface area contributed by atoms with Gasteiger partial charge in [0.15, 0.2) is 0 Å². The quantitative estimate of drug-likeness (QED) is 0.648. The summed E-state index contributed by atoms with van der Waals surface area (Å²) in [6.45, 7) is 4.57. The predicted molar refractivity (Wildman–Crippen MR) is 87.8 cm³/mol. The molecule has 0 saturated heterocycles. The third-order valence-electron chi connectivity index (χ3n) is 3.42. The second kappa shape index (κ2) is 8.62. The summed E-state index contributed by atoms with van der Waals surface area (Å²) in [6.07, 6.45) is 6.48. The summed E-state index contributed by atoms with van der Waals surface area (Å²) < 4.78 is 11.4. The fourth-order valence-electron chi connectivity index (χ4n) is 1.89. The Morgan fingerprint density at radius 2 is 2.00 bits per heavy atom. The first-order valence-electron chi connectivity index (χ1n) is 7.02. The van der Waals surface area contributed by atoms with Crippen molar-refractivity contribution in [2.75, 3.05) is 19.8 Å². The van der Waals surface area contributed by atoms with E-state index in [4.69, 9.17) is 0 Å². The number of amides is 2. The highest BCUT2D eigenvalue weighted by molar-refractivity contribution is 7.84. The van der Waals surface area contributed by atoms with Crippen LogP contribution in [0.1, 0.15) is 31.9 Å². The minimum Gasteiger partial charge on any atom is -0.338 e. The number of rotatable bonds is 6. The fraction of sp³-hybridized carbons (Fsp3) is 0.438. The van der Waals surface area contributed by atoms with Crippen molar-refractivity contribution in [1.29, 1.82) is 0 Å². The topological polar surface area (TPSA) is 49.4 Å². The Kier molecular flexibility index (Phi) is 7.15. The second-order valence-electron chi connectivity index (χ2n) is 4.90. The van der Waals surface area contributed by atoms with E-state index in [2.05, 4.69) is 5.32 Å². The van der Waals surface area contributed by atoms with Gasteiger partial charge < -0.3 is 10.2 Å². The van der Waals surface area contributed by atoms with Crippen molar-refractivity contribution in [2.45, 2.75) is 31.2 Å². The van der Waals surface area contributed by atoms with E-state index >= 15 is 0 Å².